The van der Waals surface area contributed by atoms with E-state index in [0.29, 0.717) is 30.3 Å². The van der Waals surface area contributed by atoms with Crippen molar-refractivity contribution in [1.82, 2.24) is 20.3 Å². The van der Waals surface area contributed by atoms with Crippen molar-refractivity contribution in [1.29, 1.82) is 0 Å². The molecular formula is C24H42N6O6S. The van der Waals surface area contributed by atoms with Gasteiger partial charge in [-0.25, -0.2) is 14.4 Å². The van der Waals surface area contributed by atoms with Crippen molar-refractivity contribution < 1.29 is 28.6 Å². The Balaban J connectivity index is 3.12. The van der Waals surface area contributed by atoms with E-state index in [1.165, 1.54) is 26.0 Å². The first-order chi connectivity index (χ1) is 17.2. The van der Waals surface area contributed by atoms with Crippen LogP contribution < -0.4 is 16.0 Å². The molecule has 0 fully saturated rings. The Bertz CT molecular complexity index is 843. The molecule has 12 nitrogen and oxygen atoms in total. The van der Waals surface area contributed by atoms with E-state index in [1.54, 1.807) is 20.8 Å². The van der Waals surface area contributed by atoms with Crippen LogP contribution in [0.1, 0.15) is 61.3 Å². The minimum absolute atomic E-state index is 0.157. The Labute approximate surface area is 223 Å². The molecule has 37 heavy (non-hydrogen) atoms. The van der Waals surface area contributed by atoms with Crippen LogP contribution in [0.2, 0.25) is 0 Å². The zero-order valence-corrected chi connectivity index (χ0v) is 24.2. The summed E-state index contributed by atoms with van der Waals surface area (Å²) in [5.74, 6) is 0.296. The summed E-state index contributed by atoms with van der Waals surface area (Å²) in [4.78, 5) is 49.8. The fraction of sp³-hybridized carbons (Fsp3) is 0.750. The maximum absolute atomic E-state index is 12.3. The van der Waals surface area contributed by atoms with Crippen LogP contribution in [0, 0.1) is 11.8 Å². The van der Waals surface area contributed by atoms with Gasteiger partial charge in [0.05, 0.1) is 14.2 Å². The highest BCUT2D eigenvalue weighted by atomic mass is 32.2. The number of anilines is 2. The van der Waals surface area contributed by atoms with Gasteiger partial charge in [-0.3, -0.25) is 0 Å². The molecule has 1 aromatic rings. The molecule has 210 valence electrons. The van der Waals surface area contributed by atoms with Crippen LogP contribution in [0.3, 0.4) is 0 Å². The number of nitrogens with one attached hydrogen (secondary N) is 3. The summed E-state index contributed by atoms with van der Waals surface area (Å²) in [5, 5.41) is 9.10. The predicted molar refractivity (Wildman–Crippen MR) is 143 cm³/mol. The maximum atomic E-state index is 12.3. The van der Waals surface area contributed by atoms with Gasteiger partial charge in [0.1, 0.15) is 17.7 Å². The summed E-state index contributed by atoms with van der Waals surface area (Å²) in [6.07, 6.45) is 0.487. The van der Waals surface area contributed by atoms with Gasteiger partial charge in [0.2, 0.25) is 11.9 Å². The first-order valence-corrected chi connectivity index (χ1v) is 13.3. The molecular weight excluding hydrogens is 500 g/mol. The number of carbonyl (C=O) groups is 3. The van der Waals surface area contributed by atoms with Gasteiger partial charge < -0.3 is 30.2 Å². The number of carbonyl (C=O) groups excluding carboxylic acids is 3. The molecule has 1 rings (SSSR count). The number of rotatable bonds is 14. The first-order valence-electron chi connectivity index (χ1n) is 12.3. The molecule has 0 bridgehead atoms. The van der Waals surface area contributed by atoms with Crippen LogP contribution in [0.4, 0.5) is 16.7 Å². The molecule has 2 atom stereocenters. The fourth-order valence-corrected chi connectivity index (χ4v) is 3.82. The topological polar surface area (TPSA) is 154 Å². The molecule has 13 heteroatoms. The SMILES string of the molecule is COC(=O)C(CC(C)C)Nc1nc(NC(CC(C)C)C(=O)OC)nc(SCCNC(=O)OC(C)(C)C)n1. The van der Waals surface area contributed by atoms with Gasteiger partial charge in [0.15, 0.2) is 5.16 Å². The second-order valence-corrected chi connectivity index (χ2v) is 11.3. The van der Waals surface area contributed by atoms with Crippen LogP contribution in [-0.4, -0.2) is 77.2 Å². The van der Waals surface area contributed by atoms with E-state index in [2.05, 4.69) is 30.9 Å². The van der Waals surface area contributed by atoms with Crippen molar-refractivity contribution in [2.24, 2.45) is 11.8 Å². The minimum Gasteiger partial charge on any atom is -0.467 e. The van der Waals surface area contributed by atoms with Gasteiger partial charge in [-0.2, -0.15) is 15.0 Å². The third-order valence-corrected chi connectivity index (χ3v) is 5.46. The smallest absolute Gasteiger partial charge is 0.407 e. The Morgan fingerprint density at radius 2 is 1.30 bits per heavy atom. The highest BCUT2D eigenvalue weighted by Crippen LogP contribution is 2.20. The number of nitrogens with zero attached hydrogens (tertiary/aromatic N) is 3. The Morgan fingerprint density at radius 3 is 1.68 bits per heavy atom. The molecule has 1 amide bonds. The summed E-state index contributed by atoms with van der Waals surface area (Å²) in [7, 11) is 2.65. The van der Waals surface area contributed by atoms with E-state index in [-0.39, 0.29) is 23.7 Å². The second kappa shape index (κ2) is 15.4. The van der Waals surface area contributed by atoms with Gasteiger partial charge in [-0.05, 0) is 45.4 Å². The molecule has 0 saturated heterocycles. The molecule has 0 aliphatic carbocycles. The third kappa shape index (κ3) is 13.3. The molecule has 0 spiro atoms. The zero-order valence-electron chi connectivity index (χ0n) is 23.3. The van der Waals surface area contributed by atoms with Crippen LogP contribution >= 0.6 is 11.8 Å². The van der Waals surface area contributed by atoms with Crippen LogP contribution in [0.25, 0.3) is 0 Å². The molecule has 0 saturated carbocycles. The van der Waals surface area contributed by atoms with E-state index in [4.69, 9.17) is 14.2 Å². The number of methoxy groups -OCH3 is 2. The van der Waals surface area contributed by atoms with Crippen molar-refractivity contribution in [2.45, 2.75) is 84.1 Å². The second-order valence-electron chi connectivity index (χ2n) is 10.2. The lowest BCUT2D eigenvalue weighted by Crippen LogP contribution is -2.34. The van der Waals surface area contributed by atoms with Gasteiger partial charge in [0.25, 0.3) is 0 Å². The predicted octanol–water partition coefficient (Wildman–Crippen LogP) is 3.49. The summed E-state index contributed by atoms with van der Waals surface area (Å²) < 4.78 is 15.1. The van der Waals surface area contributed by atoms with Crippen molar-refractivity contribution in [3.05, 3.63) is 0 Å². The lowest BCUT2D eigenvalue weighted by Gasteiger charge is -2.21. The van der Waals surface area contributed by atoms with Crippen LogP contribution in [0.5, 0.6) is 0 Å². The quantitative estimate of drug-likeness (QED) is 0.136. The van der Waals surface area contributed by atoms with Gasteiger partial charge in [-0.1, -0.05) is 39.5 Å². The lowest BCUT2D eigenvalue weighted by molar-refractivity contribution is -0.142. The zero-order chi connectivity index (χ0) is 28.2. The number of hydrogen-bond donors (Lipinski definition) is 3. The molecule has 0 aliphatic heterocycles. The summed E-state index contributed by atoms with van der Waals surface area (Å²) >= 11 is 1.27. The van der Waals surface area contributed by atoms with Crippen molar-refractivity contribution in [3.8, 4) is 0 Å². The number of esters is 2. The van der Waals surface area contributed by atoms with E-state index < -0.39 is 35.7 Å². The lowest BCUT2D eigenvalue weighted by atomic mass is 10.0. The molecule has 0 aliphatic rings. The van der Waals surface area contributed by atoms with Gasteiger partial charge in [-0.15, -0.1) is 0 Å². The average molecular weight is 543 g/mol. The minimum atomic E-state index is -0.668. The maximum Gasteiger partial charge on any atom is 0.407 e. The summed E-state index contributed by atoms with van der Waals surface area (Å²) in [5.41, 5.74) is -0.592. The molecule has 0 aromatic carbocycles. The van der Waals surface area contributed by atoms with Gasteiger partial charge >= 0.3 is 18.0 Å². The largest absolute Gasteiger partial charge is 0.467 e. The molecule has 3 N–H and O–H groups in total. The monoisotopic (exact) mass is 542 g/mol. The van der Waals surface area contributed by atoms with E-state index in [0.717, 1.165) is 0 Å². The highest BCUT2D eigenvalue weighted by Gasteiger charge is 2.25. The average Bonchev–Trinajstić information content (AvgIpc) is 2.78. The molecule has 2 unspecified atom stereocenters. The van der Waals surface area contributed by atoms with E-state index in [1.807, 2.05) is 27.7 Å². The normalized spacial score (nSPS) is 13.1. The van der Waals surface area contributed by atoms with Gasteiger partial charge in [0, 0.05) is 12.3 Å². The summed E-state index contributed by atoms with van der Waals surface area (Å²) in [6, 6.07) is -1.34. The Morgan fingerprint density at radius 1 is 0.838 bits per heavy atom. The number of alkyl carbamates (subject to hydrolysis) is 1. The first kappa shape index (κ1) is 32.2. The van der Waals surface area contributed by atoms with Crippen molar-refractivity contribution in [2.75, 3.05) is 37.2 Å². The number of hydrogen-bond acceptors (Lipinski definition) is 12. The van der Waals surface area contributed by atoms with Crippen molar-refractivity contribution >= 4 is 41.7 Å². The number of thioether (sulfide) groups is 1. The fourth-order valence-electron chi connectivity index (χ4n) is 3.13. The number of ether oxygens (including phenoxy) is 3. The number of aromatic nitrogens is 3. The number of amides is 1. The van der Waals surface area contributed by atoms with E-state index in [9.17, 15) is 14.4 Å². The summed E-state index contributed by atoms with van der Waals surface area (Å²) in [6.45, 7) is 13.6. The molecule has 1 aromatic heterocycles. The molecule has 0 radical (unpaired) electrons. The standard InChI is InChI=1S/C24H42N6O6S/c1-14(2)12-16(18(31)34-8)26-20-28-21(27-17(13-15(3)4)19(32)35-9)30-22(29-20)37-11-10-25-23(33)36-24(5,6)7/h14-17H,10-13H2,1-9H3,(H,25,33)(H2,26,27,28,29,30). The van der Waals surface area contributed by atoms with E-state index >= 15 is 0 Å². The van der Waals surface area contributed by atoms with Crippen LogP contribution in [0.15, 0.2) is 5.16 Å². The Kier molecular flexibility index (Phi) is 13.4. The third-order valence-electron chi connectivity index (χ3n) is 4.61. The van der Waals surface area contributed by atoms with Crippen molar-refractivity contribution in [3.63, 3.8) is 0 Å². The van der Waals surface area contributed by atoms with Crippen LogP contribution in [-0.2, 0) is 23.8 Å². The highest BCUT2D eigenvalue weighted by molar-refractivity contribution is 7.99. The molecule has 1 heterocycles. The Hall–Kier alpha value is -2.83.